The first-order valence-corrected chi connectivity index (χ1v) is 7.07. The number of hydrogen-bond acceptors (Lipinski definition) is 4. The van der Waals surface area contributed by atoms with Crippen LogP contribution in [0.3, 0.4) is 0 Å². The van der Waals surface area contributed by atoms with Gasteiger partial charge in [0.15, 0.2) is 5.78 Å². The molecule has 1 aliphatic heterocycles. The van der Waals surface area contributed by atoms with Gasteiger partial charge in [0, 0.05) is 17.8 Å². The molecule has 2 heterocycles. The summed E-state index contributed by atoms with van der Waals surface area (Å²) in [5.41, 5.74) is 1.24. The van der Waals surface area contributed by atoms with E-state index in [0.717, 1.165) is 23.6 Å². The molecule has 1 unspecified atom stereocenters. The van der Waals surface area contributed by atoms with Crippen molar-refractivity contribution in [2.75, 3.05) is 5.32 Å². The highest BCUT2D eigenvalue weighted by atomic mass is 19.1. The summed E-state index contributed by atoms with van der Waals surface area (Å²) >= 11 is 0. The molecular formula is C16H16FN3O2. The van der Waals surface area contributed by atoms with Crippen molar-refractivity contribution in [2.24, 2.45) is 0 Å². The van der Waals surface area contributed by atoms with Crippen LogP contribution in [-0.2, 0) is 0 Å². The van der Waals surface area contributed by atoms with Crippen LogP contribution in [0.4, 0.5) is 10.2 Å². The van der Waals surface area contributed by atoms with E-state index >= 15 is 0 Å². The molecule has 0 fully saturated rings. The van der Waals surface area contributed by atoms with E-state index < -0.39 is 11.6 Å². The summed E-state index contributed by atoms with van der Waals surface area (Å²) in [6.45, 7) is 3.82. The van der Waals surface area contributed by atoms with E-state index in [2.05, 4.69) is 10.4 Å². The molecule has 0 radical (unpaired) electrons. The number of phenolic OH excluding ortho intramolecular Hbond substituents is 1. The Balaban J connectivity index is 2.02. The van der Waals surface area contributed by atoms with E-state index in [0.29, 0.717) is 12.0 Å². The number of nitrogens with one attached hydrogen (secondary N) is 1. The van der Waals surface area contributed by atoms with E-state index in [1.807, 2.05) is 19.9 Å². The number of carbonyl (C=O) groups is 1. The first kappa shape index (κ1) is 14.3. The number of allylic oxidation sites excluding steroid dienone is 1. The third-order valence-electron chi connectivity index (χ3n) is 3.74. The van der Waals surface area contributed by atoms with Crippen LogP contribution in [0.25, 0.3) is 0 Å². The summed E-state index contributed by atoms with van der Waals surface area (Å²) in [6.07, 6.45) is 2.26. The Kier molecular flexibility index (Phi) is 3.44. The summed E-state index contributed by atoms with van der Waals surface area (Å²) in [5.74, 6) is -0.390. The monoisotopic (exact) mass is 301 g/mol. The Hall–Kier alpha value is -2.63. The Labute approximate surface area is 127 Å². The van der Waals surface area contributed by atoms with Gasteiger partial charge in [-0.1, -0.05) is 6.92 Å². The number of aromatic hydroxyl groups is 1. The molecule has 0 amide bonds. The van der Waals surface area contributed by atoms with E-state index in [1.54, 1.807) is 10.9 Å². The van der Waals surface area contributed by atoms with E-state index in [-0.39, 0.29) is 17.4 Å². The minimum absolute atomic E-state index is 0.0428. The quantitative estimate of drug-likeness (QED) is 0.854. The average molecular weight is 301 g/mol. The minimum atomic E-state index is -0.561. The zero-order valence-electron chi connectivity index (χ0n) is 12.3. The molecule has 6 heteroatoms. The number of aromatic nitrogens is 2. The molecular weight excluding hydrogens is 285 g/mol. The van der Waals surface area contributed by atoms with Crippen molar-refractivity contribution in [1.29, 1.82) is 0 Å². The van der Waals surface area contributed by atoms with Gasteiger partial charge in [0.1, 0.15) is 17.4 Å². The molecule has 1 aromatic carbocycles. The number of hydrogen-bond donors (Lipinski definition) is 2. The Morgan fingerprint density at radius 1 is 1.45 bits per heavy atom. The lowest BCUT2D eigenvalue weighted by Crippen LogP contribution is -2.24. The maximum atomic E-state index is 13.4. The molecule has 2 aromatic rings. The first-order valence-electron chi connectivity index (χ1n) is 7.07. The lowest BCUT2D eigenvalue weighted by Gasteiger charge is -2.25. The highest BCUT2D eigenvalue weighted by Crippen LogP contribution is 2.33. The predicted octanol–water partition coefficient (Wildman–Crippen LogP) is 3.18. The number of anilines is 1. The van der Waals surface area contributed by atoms with Crippen LogP contribution in [0.15, 0.2) is 36.0 Å². The van der Waals surface area contributed by atoms with Gasteiger partial charge in [-0.2, -0.15) is 5.10 Å². The van der Waals surface area contributed by atoms with Crippen LogP contribution >= 0.6 is 0 Å². The zero-order chi connectivity index (χ0) is 15.9. The second-order valence-electron chi connectivity index (χ2n) is 5.27. The van der Waals surface area contributed by atoms with Crippen LogP contribution in [0, 0.1) is 12.7 Å². The Morgan fingerprint density at radius 2 is 2.23 bits per heavy atom. The second-order valence-corrected chi connectivity index (χ2v) is 5.27. The van der Waals surface area contributed by atoms with Gasteiger partial charge in [-0.25, -0.2) is 9.07 Å². The van der Waals surface area contributed by atoms with Crippen LogP contribution in [0.2, 0.25) is 0 Å². The third kappa shape index (κ3) is 2.26. The summed E-state index contributed by atoms with van der Waals surface area (Å²) in [4.78, 5) is 12.7. The van der Waals surface area contributed by atoms with Crippen LogP contribution < -0.4 is 5.32 Å². The molecule has 1 atom stereocenters. The highest BCUT2D eigenvalue weighted by molar-refractivity contribution is 6.11. The summed E-state index contributed by atoms with van der Waals surface area (Å²) in [7, 11) is 0. The van der Waals surface area contributed by atoms with Gasteiger partial charge in [-0.15, -0.1) is 0 Å². The number of rotatable bonds is 3. The number of fused-ring (bicyclic) bond motifs is 1. The van der Waals surface area contributed by atoms with Crippen molar-refractivity contribution in [3.8, 4) is 5.75 Å². The molecule has 0 spiro atoms. The normalized spacial score (nSPS) is 16.7. The van der Waals surface area contributed by atoms with Gasteiger partial charge >= 0.3 is 0 Å². The first-order chi connectivity index (χ1) is 10.5. The number of ketones is 1. The van der Waals surface area contributed by atoms with Gasteiger partial charge in [0.2, 0.25) is 0 Å². The highest BCUT2D eigenvalue weighted by Gasteiger charge is 2.29. The predicted molar refractivity (Wildman–Crippen MR) is 80.4 cm³/mol. The maximum Gasteiger partial charge on any atom is 0.196 e. The van der Waals surface area contributed by atoms with Crippen molar-refractivity contribution >= 4 is 11.6 Å². The Bertz CT molecular complexity index is 780. The number of carbonyl (C=O) groups excluding carboxylic acids is 1. The molecule has 0 saturated carbocycles. The van der Waals surface area contributed by atoms with Gasteiger partial charge in [0.25, 0.3) is 0 Å². The zero-order valence-corrected chi connectivity index (χ0v) is 12.3. The van der Waals surface area contributed by atoms with Gasteiger partial charge in [0.05, 0.1) is 17.3 Å². The van der Waals surface area contributed by atoms with Crippen LogP contribution in [0.5, 0.6) is 5.75 Å². The molecule has 0 aliphatic carbocycles. The van der Waals surface area contributed by atoms with Crippen molar-refractivity contribution < 1.29 is 14.3 Å². The summed E-state index contributed by atoms with van der Waals surface area (Å²) in [5, 5.41) is 17.3. The topological polar surface area (TPSA) is 67.2 Å². The molecule has 2 N–H and O–H groups in total. The van der Waals surface area contributed by atoms with E-state index in [1.165, 1.54) is 6.07 Å². The van der Waals surface area contributed by atoms with Crippen molar-refractivity contribution in [2.45, 2.75) is 26.3 Å². The lowest BCUT2D eigenvalue weighted by atomic mass is 9.95. The van der Waals surface area contributed by atoms with E-state index in [4.69, 9.17) is 0 Å². The average Bonchev–Trinajstić information content (AvgIpc) is 2.88. The van der Waals surface area contributed by atoms with Gasteiger partial charge in [-0.05, 0) is 31.5 Å². The van der Waals surface area contributed by atoms with Crippen LogP contribution in [-0.4, -0.2) is 20.7 Å². The van der Waals surface area contributed by atoms with Gasteiger partial charge in [-0.3, -0.25) is 4.79 Å². The fourth-order valence-electron chi connectivity index (χ4n) is 2.70. The molecule has 0 bridgehead atoms. The van der Waals surface area contributed by atoms with Gasteiger partial charge < -0.3 is 10.4 Å². The Morgan fingerprint density at radius 3 is 2.95 bits per heavy atom. The number of halogens is 1. The second kappa shape index (κ2) is 5.29. The van der Waals surface area contributed by atoms with Crippen molar-refractivity contribution in [3.05, 3.63) is 53.1 Å². The SMILES string of the molecule is CCC1C(C(=O)c2cc(F)ccc2O)=CNc2cc(C)nn21. The summed E-state index contributed by atoms with van der Waals surface area (Å²) in [6, 6.07) is 4.99. The number of Topliss-reactive ketones (excluding diaryl/α,β-unsaturated/α-hetero) is 1. The van der Waals surface area contributed by atoms with Crippen molar-refractivity contribution in [1.82, 2.24) is 9.78 Å². The minimum Gasteiger partial charge on any atom is -0.507 e. The molecule has 1 aliphatic rings. The number of aryl methyl sites for hydroxylation is 1. The van der Waals surface area contributed by atoms with Crippen molar-refractivity contribution in [3.63, 3.8) is 0 Å². The third-order valence-corrected chi connectivity index (χ3v) is 3.74. The van der Waals surface area contributed by atoms with Crippen LogP contribution in [0.1, 0.15) is 35.4 Å². The molecule has 22 heavy (non-hydrogen) atoms. The number of nitrogens with zero attached hydrogens (tertiary/aromatic N) is 2. The molecule has 5 nitrogen and oxygen atoms in total. The maximum absolute atomic E-state index is 13.4. The standard InChI is InChI=1S/C16H16FN3O2/c1-3-13-12(8-18-15-6-9(2)19-20(13)15)16(22)11-7-10(17)4-5-14(11)21/h4-8,13,18,21H,3H2,1-2H3. The largest absolute Gasteiger partial charge is 0.507 e. The lowest BCUT2D eigenvalue weighted by molar-refractivity contribution is 0.101. The summed E-state index contributed by atoms with van der Waals surface area (Å²) < 4.78 is 15.1. The molecule has 1 aromatic heterocycles. The number of phenols is 1. The smallest absolute Gasteiger partial charge is 0.196 e. The molecule has 3 rings (SSSR count). The molecule has 114 valence electrons. The fraction of sp³-hybridized carbons (Fsp3) is 0.250. The van der Waals surface area contributed by atoms with E-state index in [9.17, 15) is 14.3 Å². The fourth-order valence-corrected chi connectivity index (χ4v) is 2.70. The molecule has 0 saturated heterocycles. The number of benzene rings is 1.